The van der Waals surface area contributed by atoms with E-state index >= 15 is 0 Å². The maximum absolute atomic E-state index is 12.1. The largest absolute Gasteiger partial charge is 0.435 e. The predicted octanol–water partition coefficient (Wildman–Crippen LogP) is 3.32. The molecular weight excluding hydrogens is 342 g/mol. The quantitative estimate of drug-likeness (QED) is 0.784. The average molecular weight is 362 g/mol. The topological polar surface area (TPSA) is 58.6 Å². The number of likely N-dealkylation sites (N-methyl/N-ethyl adjacent to an activating group) is 1. The first kappa shape index (κ1) is 19.4. The number of nitrogens with zero attached hydrogens (tertiary/aromatic N) is 1. The van der Waals surface area contributed by atoms with E-state index in [1.807, 2.05) is 18.2 Å². The Hall–Kier alpha value is -2.96. The van der Waals surface area contributed by atoms with Gasteiger partial charge in [0.05, 0.1) is 6.54 Å². The van der Waals surface area contributed by atoms with E-state index in [0.29, 0.717) is 12.1 Å². The number of hydrogen-bond donors (Lipinski definition) is 1. The molecule has 26 heavy (non-hydrogen) atoms. The number of rotatable bonds is 8. The number of benzene rings is 2. The number of halogens is 2. The number of amides is 2. The third-order valence-corrected chi connectivity index (χ3v) is 3.64. The maximum Gasteiger partial charge on any atom is 0.387 e. The van der Waals surface area contributed by atoms with Crippen LogP contribution < -0.4 is 10.1 Å². The van der Waals surface area contributed by atoms with Gasteiger partial charge in [0.25, 0.3) is 0 Å². The molecule has 0 aliphatic carbocycles. The Morgan fingerprint density at radius 2 is 1.73 bits per heavy atom. The first-order valence-corrected chi connectivity index (χ1v) is 8.06. The van der Waals surface area contributed by atoms with Gasteiger partial charge in [0.15, 0.2) is 0 Å². The highest BCUT2D eigenvalue weighted by Crippen LogP contribution is 2.16. The van der Waals surface area contributed by atoms with Gasteiger partial charge in [-0.3, -0.25) is 9.59 Å². The molecule has 0 saturated heterocycles. The number of carbonyl (C=O) groups is 2. The van der Waals surface area contributed by atoms with Crippen molar-refractivity contribution in [3.05, 3.63) is 60.2 Å². The zero-order chi connectivity index (χ0) is 18.9. The van der Waals surface area contributed by atoms with Gasteiger partial charge < -0.3 is 15.0 Å². The molecular formula is C19H20F2N2O3. The Morgan fingerprint density at radius 1 is 1.08 bits per heavy atom. The van der Waals surface area contributed by atoms with Gasteiger partial charge in [-0.1, -0.05) is 30.3 Å². The summed E-state index contributed by atoms with van der Waals surface area (Å²) in [6.45, 7) is -2.91. The Labute approximate surface area is 150 Å². The van der Waals surface area contributed by atoms with Crippen LogP contribution in [0.4, 0.5) is 14.5 Å². The van der Waals surface area contributed by atoms with Crippen LogP contribution in [-0.2, 0) is 16.0 Å². The van der Waals surface area contributed by atoms with E-state index in [-0.39, 0.29) is 30.5 Å². The van der Waals surface area contributed by atoms with E-state index in [9.17, 15) is 18.4 Å². The minimum atomic E-state index is -2.86. The zero-order valence-corrected chi connectivity index (χ0v) is 14.3. The van der Waals surface area contributed by atoms with Gasteiger partial charge in [-0.2, -0.15) is 8.78 Å². The van der Waals surface area contributed by atoms with Crippen LogP contribution >= 0.6 is 0 Å². The lowest BCUT2D eigenvalue weighted by atomic mass is 10.1. The SMILES string of the molecule is CN(CC(=O)Nc1ccccc1)C(=O)CCc1ccc(OC(F)F)cc1. The number of carbonyl (C=O) groups excluding carboxylic acids is 2. The Bertz CT molecular complexity index is 721. The Morgan fingerprint density at radius 3 is 2.35 bits per heavy atom. The third kappa shape index (κ3) is 6.51. The Kier molecular flexibility index (Phi) is 7.08. The lowest BCUT2D eigenvalue weighted by molar-refractivity contribution is -0.133. The molecule has 0 heterocycles. The lowest BCUT2D eigenvalue weighted by Crippen LogP contribution is -2.35. The predicted molar refractivity (Wildman–Crippen MR) is 94.1 cm³/mol. The summed E-state index contributed by atoms with van der Waals surface area (Å²) in [7, 11) is 1.56. The zero-order valence-electron chi connectivity index (χ0n) is 14.3. The summed E-state index contributed by atoms with van der Waals surface area (Å²) in [4.78, 5) is 25.4. The molecule has 0 unspecified atom stereocenters. The van der Waals surface area contributed by atoms with Crippen LogP contribution in [0.25, 0.3) is 0 Å². The fourth-order valence-electron chi connectivity index (χ4n) is 2.31. The van der Waals surface area contributed by atoms with Gasteiger partial charge in [-0.15, -0.1) is 0 Å². The van der Waals surface area contributed by atoms with Crippen molar-refractivity contribution in [1.82, 2.24) is 4.90 Å². The van der Waals surface area contributed by atoms with Crippen LogP contribution in [0.3, 0.4) is 0 Å². The summed E-state index contributed by atoms with van der Waals surface area (Å²) in [5.41, 5.74) is 1.49. The number of hydrogen-bond acceptors (Lipinski definition) is 3. The molecule has 7 heteroatoms. The number of aryl methyl sites for hydroxylation is 1. The first-order chi connectivity index (χ1) is 12.4. The smallest absolute Gasteiger partial charge is 0.387 e. The fourth-order valence-corrected chi connectivity index (χ4v) is 2.31. The summed E-state index contributed by atoms with van der Waals surface area (Å²) >= 11 is 0. The van der Waals surface area contributed by atoms with Crippen molar-refractivity contribution < 1.29 is 23.1 Å². The number of ether oxygens (including phenoxy) is 1. The summed E-state index contributed by atoms with van der Waals surface area (Å²) in [5, 5.41) is 2.72. The van der Waals surface area contributed by atoms with Crippen molar-refractivity contribution in [3.8, 4) is 5.75 Å². The van der Waals surface area contributed by atoms with Crippen molar-refractivity contribution in [3.63, 3.8) is 0 Å². The molecule has 0 aliphatic heterocycles. The van der Waals surface area contributed by atoms with Crippen LogP contribution in [0, 0.1) is 0 Å². The molecule has 2 aromatic rings. The average Bonchev–Trinajstić information content (AvgIpc) is 2.61. The van der Waals surface area contributed by atoms with Gasteiger partial charge in [0, 0.05) is 19.2 Å². The molecule has 2 aromatic carbocycles. The lowest BCUT2D eigenvalue weighted by Gasteiger charge is -2.17. The summed E-state index contributed by atoms with van der Waals surface area (Å²) in [6, 6.07) is 15.1. The second-order valence-corrected chi connectivity index (χ2v) is 5.69. The molecule has 0 atom stereocenters. The van der Waals surface area contributed by atoms with E-state index in [1.54, 1.807) is 31.3 Å². The van der Waals surface area contributed by atoms with Crippen LogP contribution in [0.1, 0.15) is 12.0 Å². The van der Waals surface area contributed by atoms with E-state index < -0.39 is 6.61 Å². The molecule has 2 rings (SSSR count). The van der Waals surface area contributed by atoms with Crippen LogP contribution in [0.2, 0.25) is 0 Å². The monoisotopic (exact) mass is 362 g/mol. The second kappa shape index (κ2) is 9.50. The standard InChI is InChI=1S/C19H20F2N2O3/c1-23(13-17(24)22-15-5-3-2-4-6-15)18(25)12-9-14-7-10-16(11-8-14)26-19(20)21/h2-8,10-11,19H,9,12-13H2,1H3,(H,22,24). The van der Waals surface area contributed by atoms with Crippen LogP contribution in [-0.4, -0.2) is 36.9 Å². The van der Waals surface area contributed by atoms with Gasteiger partial charge in [0.1, 0.15) is 5.75 Å². The first-order valence-electron chi connectivity index (χ1n) is 8.06. The molecule has 0 fully saturated rings. The Balaban J connectivity index is 1.77. The molecule has 0 saturated carbocycles. The summed E-state index contributed by atoms with van der Waals surface area (Å²) in [5.74, 6) is -0.383. The summed E-state index contributed by atoms with van der Waals surface area (Å²) in [6.07, 6.45) is 0.655. The molecule has 1 N–H and O–H groups in total. The highest BCUT2D eigenvalue weighted by Gasteiger charge is 2.13. The van der Waals surface area contributed by atoms with Gasteiger partial charge in [-0.05, 0) is 36.2 Å². The number of anilines is 1. The molecule has 0 bridgehead atoms. The van der Waals surface area contributed by atoms with Gasteiger partial charge in [0.2, 0.25) is 11.8 Å². The molecule has 0 radical (unpaired) electrons. The minimum Gasteiger partial charge on any atom is -0.435 e. The molecule has 138 valence electrons. The van der Waals surface area contributed by atoms with Crippen molar-refractivity contribution in [1.29, 1.82) is 0 Å². The maximum atomic E-state index is 12.1. The van der Waals surface area contributed by atoms with Crippen LogP contribution in [0.15, 0.2) is 54.6 Å². The fraction of sp³-hybridized carbons (Fsp3) is 0.263. The molecule has 5 nitrogen and oxygen atoms in total. The van der Waals surface area contributed by atoms with Crippen molar-refractivity contribution in [2.45, 2.75) is 19.5 Å². The van der Waals surface area contributed by atoms with E-state index in [2.05, 4.69) is 10.1 Å². The van der Waals surface area contributed by atoms with E-state index in [4.69, 9.17) is 0 Å². The van der Waals surface area contributed by atoms with Gasteiger partial charge >= 0.3 is 6.61 Å². The second-order valence-electron chi connectivity index (χ2n) is 5.69. The van der Waals surface area contributed by atoms with Crippen molar-refractivity contribution >= 4 is 17.5 Å². The van der Waals surface area contributed by atoms with Crippen molar-refractivity contribution in [2.24, 2.45) is 0 Å². The normalized spacial score (nSPS) is 10.5. The summed E-state index contributed by atoms with van der Waals surface area (Å²) < 4.78 is 28.5. The highest BCUT2D eigenvalue weighted by atomic mass is 19.3. The van der Waals surface area contributed by atoms with E-state index in [0.717, 1.165) is 5.56 Å². The number of para-hydroxylation sites is 1. The van der Waals surface area contributed by atoms with E-state index in [1.165, 1.54) is 17.0 Å². The molecule has 2 amide bonds. The minimum absolute atomic E-state index is 0.0467. The highest BCUT2D eigenvalue weighted by molar-refractivity contribution is 5.94. The van der Waals surface area contributed by atoms with Crippen LogP contribution in [0.5, 0.6) is 5.75 Å². The van der Waals surface area contributed by atoms with Gasteiger partial charge in [-0.25, -0.2) is 0 Å². The van der Waals surface area contributed by atoms with Crippen molar-refractivity contribution in [2.75, 3.05) is 18.9 Å². The third-order valence-electron chi connectivity index (χ3n) is 3.64. The number of nitrogens with one attached hydrogen (secondary N) is 1. The molecule has 0 spiro atoms. The molecule has 0 aromatic heterocycles. The number of alkyl halides is 2. The molecule has 0 aliphatic rings.